The van der Waals surface area contributed by atoms with Crippen molar-refractivity contribution in [3.05, 3.63) is 0 Å². The molecule has 0 bridgehead atoms. The van der Waals surface area contributed by atoms with Gasteiger partial charge in [0.15, 0.2) is 0 Å². The zero-order valence-electron chi connectivity index (χ0n) is 11.6. The molecule has 1 saturated carbocycles. The number of carbonyl (C=O) groups is 2. The van der Waals surface area contributed by atoms with Crippen LogP contribution >= 0.6 is 0 Å². The van der Waals surface area contributed by atoms with Gasteiger partial charge in [-0.2, -0.15) is 13.2 Å². The molecule has 8 heteroatoms. The van der Waals surface area contributed by atoms with E-state index < -0.39 is 18.0 Å². The van der Waals surface area contributed by atoms with Crippen molar-refractivity contribution in [1.82, 2.24) is 10.4 Å². The van der Waals surface area contributed by atoms with E-state index in [0.29, 0.717) is 0 Å². The number of hydrogen-bond donors (Lipinski definition) is 1. The summed E-state index contributed by atoms with van der Waals surface area (Å²) in [6.45, 7) is -0.111. The number of amides is 2. The predicted molar refractivity (Wildman–Crippen MR) is 66.8 cm³/mol. The van der Waals surface area contributed by atoms with E-state index in [1.807, 2.05) is 0 Å². The van der Waals surface area contributed by atoms with Crippen LogP contribution in [0.15, 0.2) is 0 Å². The van der Waals surface area contributed by atoms with E-state index in [2.05, 4.69) is 5.48 Å². The summed E-state index contributed by atoms with van der Waals surface area (Å²) >= 11 is 0. The summed E-state index contributed by atoms with van der Waals surface area (Å²) in [6.07, 6.45) is -0.362. The van der Waals surface area contributed by atoms with Gasteiger partial charge in [0.05, 0.1) is 6.10 Å². The molecule has 5 nitrogen and oxygen atoms in total. The van der Waals surface area contributed by atoms with E-state index in [9.17, 15) is 22.8 Å². The maximum Gasteiger partial charge on any atom is 0.471 e. The lowest BCUT2D eigenvalue weighted by atomic mass is 9.96. The predicted octanol–water partition coefficient (Wildman–Crippen LogP) is 1.78. The van der Waals surface area contributed by atoms with Crippen molar-refractivity contribution in [2.75, 3.05) is 13.1 Å². The van der Waals surface area contributed by atoms with Gasteiger partial charge in [0.2, 0.25) is 5.91 Å². The molecule has 21 heavy (non-hydrogen) atoms. The molecule has 2 aliphatic rings. The van der Waals surface area contributed by atoms with Crippen molar-refractivity contribution in [3.63, 3.8) is 0 Å². The van der Waals surface area contributed by atoms with Gasteiger partial charge in [0.1, 0.15) is 0 Å². The first-order chi connectivity index (χ1) is 9.88. The fourth-order valence-electron chi connectivity index (χ4n) is 2.76. The first-order valence-electron chi connectivity index (χ1n) is 7.19. The fourth-order valence-corrected chi connectivity index (χ4v) is 2.76. The molecule has 2 amide bonds. The molecule has 1 aliphatic heterocycles. The lowest BCUT2D eigenvalue weighted by Gasteiger charge is -2.31. The fraction of sp³-hybridized carbons (Fsp3) is 0.846. The Labute approximate surface area is 120 Å². The number of hydrogen-bond acceptors (Lipinski definition) is 3. The summed E-state index contributed by atoms with van der Waals surface area (Å²) in [5.74, 6) is -2.53. The largest absolute Gasteiger partial charge is 0.471 e. The number of hydroxylamine groups is 1. The van der Waals surface area contributed by atoms with Gasteiger partial charge in [-0.25, -0.2) is 5.48 Å². The third kappa shape index (κ3) is 4.33. The zero-order valence-corrected chi connectivity index (χ0v) is 11.6. The highest BCUT2D eigenvalue weighted by Gasteiger charge is 2.43. The van der Waals surface area contributed by atoms with Crippen LogP contribution in [-0.4, -0.2) is 42.1 Å². The van der Waals surface area contributed by atoms with Crippen LogP contribution in [0.5, 0.6) is 0 Å². The monoisotopic (exact) mass is 308 g/mol. The summed E-state index contributed by atoms with van der Waals surface area (Å²) in [5.41, 5.74) is 2.40. The minimum Gasteiger partial charge on any atom is -0.335 e. The van der Waals surface area contributed by atoms with Crippen LogP contribution in [0.3, 0.4) is 0 Å². The molecule has 1 aliphatic carbocycles. The molecular weight excluding hydrogens is 289 g/mol. The lowest BCUT2D eigenvalue weighted by Crippen LogP contribution is -2.47. The van der Waals surface area contributed by atoms with Crippen molar-refractivity contribution in [1.29, 1.82) is 0 Å². The Hall–Kier alpha value is -1.31. The van der Waals surface area contributed by atoms with Gasteiger partial charge in [-0.3, -0.25) is 14.4 Å². The molecule has 1 N–H and O–H groups in total. The standard InChI is InChI=1S/C13H19F3N2O3/c14-13(15,16)12(20)18-7-5-9(6-8-18)11(19)17-21-10-3-1-2-4-10/h9-10H,1-8H2,(H,17,19). The number of piperidine rings is 1. The number of likely N-dealkylation sites (tertiary alicyclic amines) is 1. The molecule has 0 aromatic carbocycles. The van der Waals surface area contributed by atoms with Crippen molar-refractivity contribution in [2.24, 2.45) is 5.92 Å². The molecule has 2 rings (SSSR count). The van der Waals surface area contributed by atoms with Crippen LogP contribution < -0.4 is 5.48 Å². The molecule has 2 fully saturated rings. The van der Waals surface area contributed by atoms with Crippen LogP contribution in [0.25, 0.3) is 0 Å². The molecule has 0 aromatic heterocycles. The molecule has 0 unspecified atom stereocenters. The smallest absolute Gasteiger partial charge is 0.335 e. The second kappa shape index (κ2) is 6.64. The Kier molecular flexibility index (Phi) is 5.08. The Balaban J connectivity index is 1.72. The van der Waals surface area contributed by atoms with Gasteiger partial charge in [0.25, 0.3) is 0 Å². The first-order valence-corrected chi connectivity index (χ1v) is 7.19. The number of nitrogens with zero attached hydrogens (tertiary/aromatic N) is 1. The second-order valence-corrected chi connectivity index (χ2v) is 5.55. The Bertz CT molecular complexity index is 387. The summed E-state index contributed by atoms with van der Waals surface area (Å²) in [4.78, 5) is 29.0. The number of rotatable bonds is 3. The summed E-state index contributed by atoms with van der Waals surface area (Å²) < 4.78 is 36.9. The van der Waals surface area contributed by atoms with Gasteiger partial charge in [-0.15, -0.1) is 0 Å². The number of carbonyl (C=O) groups excluding carboxylic acids is 2. The van der Waals surface area contributed by atoms with Gasteiger partial charge < -0.3 is 4.90 Å². The van der Waals surface area contributed by atoms with Crippen LogP contribution in [0.1, 0.15) is 38.5 Å². The third-order valence-corrected chi connectivity index (χ3v) is 4.02. The van der Waals surface area contributed by atoms with E-state index in [-0.39, 0.29) is 37.9 Å². The highest BCUT2D eigenvalue weighted by Crippen LogP contribution is 2.24. The maximum absolute atomic E-state index is 12.3. The molecule has 0 radical (unpaired) electrons. The minimum atomic E-state index is -4.85. The maximum atomic E-state index is 12.3. The highest BCUT2D eigenvalue weighted by molar-refractivity contribution is 5.82. The van der Waals surface area contributed by atoms with Crippen LogP contribution in [0, 0.1) is 5.92 Å². The molecular formula is C13H19F3N2O3. The summed E-state index contributed by atoms with van der Waals surface area (Å²) in [7, 11) is 0. The third-order valence-electron chi connectivity index (χ3n) is 4.02. The second-order valence-electron chi connectivity index (χ2n) is 5.55. The van der Waals surface area contributed by atoms with Crippen molar-refractivity contribution < 1.29 is 27.6 Å². The molecule has 1 heterocycles. The van der Waals surface area contributed by atoms with Gasteiger partial charge in [-0.05, 0) is 25.7 Å². The van der Waals surface area contributed by atoms with Gasteiger partial charge in [-0.1, -0.05) is 12.8 Å². The molecule has 1 saturated heterocycles. The molecule has 0 atom stereocenters. The van der Waals surface area contributed by atoms with Crippen molar-refractivity contribution in [2.45, 2.75) is 50.8 Å². The lowest BCUT2D eigenvalue weighted by molar-refractivity contribution is -0.187. The first kappa shape index (κ1) is 16.1. The number of alkyl halides is 3. The molecule has 0 aromatic rings. The molecule has 120 valence electrons. The van der Waals surface area contributed by atoms with Gasteiger partial charge >= 0.3 is 12.1 Å². The topological polar surface area (TPSA) is 58.6 Å². The van der Waals surface area contributed by atoms with E-state index in [4.69, 9.17) is 4.84 Å². The van der Waals surface area contributed by atoms with E-state index >= 15 is 0 Å². The van der Waals surface area contributed by atoms with Crippen LogP contribution in [-0.2, 0) is 14.4 Å². The number of halogens is 3. The quantitative estimate of drug-likeness (QED) is 0.809. The Morgan fingerprint density at radius 1 is 1.05 bits per heavy atom. The average molecular weight is 308 g/mol. The Morgan fingerprint density at radius 2 is 1.62 bits per heavy atom. The summed E-state index contributed by atoms with van der Waals surface area (Å²) in [5, 5.41) is 0. The van der Waals surface area contributed by atoms with Crippen LogP contribution in [0.2, 0.25) is 0 Å². The van der Waals surface area contributed by atoms with Crippen LogP contribution in [0.4, 0.5) is 13.2 Å². The van der Waals surface area contributed by atoms with E-state index in [1.165, 1.54) is 0 Å². The normalized spacial score (nSPS) is 21.6. The van der Waals surface area contributed by atoms with Gasteiger partial charge in [0, 0.05) is 19.0 Å². The van der Waals surface area contributed by atoms with E-state index in [1.54, 1.807) is 0 Å². The SMILES string of the molecule is O=C(NOC1CCCC1)C1CCN(C(=O)C(F)(F)F)CC1. The van der Waals surface area contributed by atoms with Crippen molar-refractivity contribution >= 4 is 11.8 Å². The average Bonchev–Trinajstić information content (AvgIpc) is 2.96. The Morgan fingerprint density at radius 3 is 2.14 bits per heavy atom. The molecule has 0 spiro atoms. The zero-order chi connectivity index (χ0) is 15.5. The van der Waals surface area contributed by atoms with Crippen molar-refractivity contribution in [3.8, 4) is 0 Å². The summed E-state index contributed by atoms with van der Waals surface area (Å²) in [6, 6.07) is 0. The highest BCUT2D eigenvalue weighted by atomic mass is 19.4. The van der Waals surface area contributed by atoms with E-state index in [0.717, 1.165) is 30.6 Å². The number of nitrogens with one attached hydrogen (secondary N) is 1. The minimum absolute atomic E-state index is 0.0425.